The first kappa shape index (κ1) is 20.5. The third-order valence-corrected chi connectivity index (χ3v) is 5.74. The summed E-state index contributed by atoms with van der Waals surface area (Å²) in [5.41, 5.74) is 3.92. The minimum atomic E-state index is -0.231. The van der Waals surface area contributed by atoms with Crippen LogP contribution in [0.15, 0.2) is 54.7 Å². The number of morpholine rings is 1. The molecule has 1 aliphatic rings. The number of anilines is 1. The molecule has 2 aromatic heterocycles. The number of benzene rings is 2. The Balaban J connectivity index is 1.34. The molecule has 2 aromatic carbocycles. The summed E-state index contributed by atoms with van der Waals surface area (Å²) in [5.74, 6) is 0.362. The first-order valence-electron chi connectivity index (χ1n) is 10.8. The second-order valence-corrected chi connectivity index (χ2v) is 7.84. The van der Waals surface area contributed by atoms with Crippen molar-refractivity contribution < 1.29 is 9.13 Å². The molecule has 0 aliphatic carbocycles. The van der Waals surface area contributed by atoms with Gasteiger partial charge in [0.25, 0.3) is 0 Å². The number of aromatic nitrogens is 4. The van der Waals surface area contributed by atoms with Crippen LogP contribution in [-0.4, -0.2) is 64.0 Å². The molecule has 8 heteroatoms. The largest absolute Gasteiger partial charge is 0.379 e. The molecule has 1 saturated heterocycles. The molecule has 0 spiro atoms. The summed E-state index contributed by atoms with van der Waals surface area (Å²) in [4.78, 5) is 11.5. The molecule has 4 aromatic rings. The van der Waals surface area contributed by atoms with Gasteiger partial charge < -0.3 is 10.1 Å². The predicted octanol–water partition coefficient (Wildman–Crippen LogP) is 3.58. The summed E-state index contributed by atoms with van der Waals surface area (Å²) in [5, 5.41) is 8.85. The average molecular weight is 433 g/mol. The fraction of sp³-hybridized carbons (Fsp3) is 0.292. The molecule has 0 radical (unpaired) electrons. The van der Waals surface area contributed by atoms with Crippen LogP contribution >= 0.6 is 0 Å². The Morgan fingerprint density at radius 2 is 1.78 bits per heavy atom. The van der Waals surface area contributed by atoms with Gasteiger partial charge in [0.05, 0.1) is 18.6 Å². The molecule has 164 valence electrons. The SMILES string of the molecule is Cn1nc(-c2ccc(-c3ccccc3F)cc2)c2cnc(NCCN3CCOCC3)nc21. The standard InChI is InChI=1S/C24H25FN6O/c1-30-23-20(16-27-24(28-23)26-10-11-31-12-14-32-15-13-31)22(29-30)18-8-6-17(7-9-18)19-4-2-3-5-21(19)25/h2-9,16H,10-15H2,1H3,(H,26,27,28). The molecule has 3 heterocycles. The Morgan fingerprint density at radius 1 is 1.03 bits per heavy atom. The van der Waals surface area contributed by atoms with Crippen LogP contribution < -0.4 is 5.32 Å². The number of nitrogens with zero attached hydrogens (tertiary/aromatic N) is 5. The van der Waals surface area contributed by atoms with Crippen LogP contribution in [0.4, 0.5) is 10.3 Å². The zero-order valence-corrected chi connectivity index (χ0v) is 18.0. The number of rotatable bonds is 6. The van der Waals surface area contributed by atoms with Crippen molar-refractivity contribution in [3.05, 3.63) is 60.5 Å². The van der Waals surface area contributed by atoms with Crippen LogP contribution in [0.5, 0.6) is 0 Å². The van der Waals surface area contributed by atoms with E-state index in [1.165, 1.54) is 6.07 Å². The number of hydrogen-bond acceptors (Lipinski definition) is 6. The molecule has 1 aliphatic heterocycles. The van der Waals surface area contributed by atoms with E-state index in [0.29, 0.717) is 11.5 Å². The van der Waals surface area contributed by atoms with E-state index in [-0.39, 0.29) is 5.82 Å². The van der Waals surface area contributed by atoms with Crippen molar-refractivity contribution >= 4 is 17.0 Å². The molecule has 0 atom stereocenters. The second-order valence-electron chi connectivity index (χ2n) is 7.84. The summed E-state index contributed by atoms with van der Waals surface area (Å²) in [7, 11) is 1.88. The highest BCUT2D eigenvalue weighted by Gasteiger charge is 2.15. The predicted molar refractivity (Wildman–Crippen MR) is 123 cm³/mol. The molecule has 0 amide bonds. The third-order valence-electron chi connectivity index (χ3n) is 5.74. The first-order chi connectivity index (χ1) is 15.7. The molecular formula is C24H25FN6O. The van der Waals surface area contributed by atoms with Crippen molar-refractivity contribution in [1.82, 2.24) is 24.6 Å². The van der Waals surface area contributed by atoms with Crippen molar-refractivity contribution in [2.45, 2.75) is 0 Å². The maximum Gasteiger partial charge on any atom is 0.224 e. The molecule has 32 heavy (non-hydrogen) atoms. The van der Waals surface area contributed by atoms with E-state index in [0.717, 1.165) is 67.2 Å². The first-order valence-corrected chi connectivity index (χ1v) is 10.8. The van der Waals surface area contributed by atoms with Crippen LogP contribution in [-0.2, 0) is 11.8 Å². The van der Waals surface area contributed by atoms with E-state index in [1.807, 2.05) is 43.6 Å². The Kier molecular flexibility index (Phi) is 5.79. The van der Waals surface area contributed by atoms with Crippen molar-refractivity contribution in [2.75, 3.05) is 44.7 Å². The van der Waals surface area contributed by atoms with Crippen molar-refractivity contribution in [3.63, 3.8) is 0 Å². The molecule has 0 saturated carbocycles. The van der Waals surface area contributed by atoms with Crippen molar-refractivity contribution in [1.29, 1.82) is 0 Å². The Bertz CT molecular complexity index is 1220. The molecule has 1 N–H and O–H groups in total. The fourth-order valence-electron chi connectivity index (χ4n) is 3.99. The van der Waals surface area contributed by atoms with Gasteiger partial charge in [0.1, 0.15) is 11.5 Å². The molecule has 7 nitrogen and oxygen atoms in total. The monoisotopic (exact) mass is 432 g/mol. The van der Waals surface area contributed by atoms with Crippen molar-refractivity contribution in [3.8, 4) is 22.4 Å². The van der Waals surface area contributed by atoms with Gasteiger partial charge in [0, 0.05) is 50.6 Å². The topological polar surface area (TPSA) is 68.1 Å². The molecule has 1 fully saturated rings. The lowest BCUT2D eigenvalue weighted by Crippen LogP contribution is -2.39. The number of aryl methyl sites for hydroxylation is 1. The number of fused-ring (bicyclic) bond motifs is 1. The quantitative estimate of drug-likeness (QED) is 0.502. The van der Waals surface area contributed by atoms with Gasteiger partial charge in [-0.1, -0.05) is 42.5 Å². The van der Waals surface area contributed by atoms with Gasteiger partial charge in [-0.3, -0.25) is 4.90 Å². The van der Waals surface area contributed by atoms with E-state index in [4.69, 9.17) is 4.74 Å². The maximum atomic E-state index is 14.1. The smallest absolute Gasteiger partial charge is 0.224 e. The van der Waals surface area contributed by atoms with Crippen LogP contribution in [0.3, 0.4) is 0 Å². The lowest BCUT2D eigenvalue weighted by Gasteiger charge is -2.26. The van der Waals surface area contributed by atoms with Gasteiger partial charge in [0.15, 0.2) is 5.65 Å². The van der Waals surface area contributed by atoms with Gasteiger partial charge in [-0.2, -0.15) is 10.1 Å². The zero-order chi connectivity index (χ0) is 21.9. The zero-order valence-electron chi connectivity index (χ0n) is 18.0. The molecule has 5 rings (SSSR count). The van der Waals surface area contributed by atoms with Crippen LogP contribution in [0.1, 0.15) is 0 Å². The number of ether oxygens (including phenoxy) is 1. The molecule has 0 bridgehead atoms. The van der Waals surface area contributed by atoms with Gasteiger partial charge in [-0.05, 0) is 11.6 Å². The Hall–Kier alpha value is -3.36. The number of hydrogen-bond donors (Lipinski definition) is 1. The summed E-state index contributed by atoms with van der Waals surface area (Å²) in [6.07, 6.45) is 1.81. The van der Waals surface area contributed by atoms with E-state index in [2.05, 4.69) is 25.3 Å². The van der Waals surface area contributed by atoms with E-state index in [1.54, 1.807) is 16.8 Å². The Morgan fingerprint density at radius 3 is 2.56 bits per heavy atom. The molecule has 0 unspecified atom stereocenters. The minimum absolute atomic E-state index is 0.231. The summed E-state index contributed by atoms with van der Waals surface area (Å²) < 4.78 is 21.2. The number of halogens is 1. The van der Waals surface area contributed by atoms with Gasteiger partial charge in [0.2, 0.25) is 5.95 Å². The Labute approximate surface area is 185 Å². The second kappa shape index (κ2) is 9.02. The lowest BCUT2D eigenvalue weighted by molar-refractivity contribution is 0.0398. The van der Waals surface area contributed by atoms with Crippen LogP contribution in [0.25, 0.3) is 33.4 Å². The van der Waals surface area contributed by atoms with Crippen LogP contribution in [0.2, 0.25) is 0 Å². The summed E-state index contributed by atoms with van der Waals surface area (Å²) in [6.45, 7) is 5.21. The fourth-order valence-corrected chi connectivity index (χ4v) is 3.99. The summed E-state index contributed by atoms with van der Waals surface area (Å²) >= 11 is 0. The molecular weight excluding hydrogens is 407 g/mol. The minimum Gasteiger partial charge on any atom is -0.379 e. The average Bonchev–Trinajstić information content (AvgIpc) is 3.16. The van der Waals surface area contributed by atoms with E-state index in [9.17, 15) is 4.39 Å². The number of nitrogens with one attached hydrogen (secondary N) is 1. The van der Waals surface area contributed by atoms with Gasteiger partial charge >= 0.3 is 0 Å². The third kappa shape index (κ3) is 4.19. The van der Waals surface area contributed by atoms with Crippen LogP contribution in [0, 0.1) is 5.82 Å². The van der Waals surface area contributed by atoms with Gasteiger partial charge in [-0.15, -0.1) is 0 Å². The van der Waals surface area contributed by atoms with E-state index >= 15 is 0 Å². The highest BCUT2D eigenvalue weighted by molar-refractivity contribution is 5.91. The lowest BCUT2D eigenvalue weighted by atomic mass is 10.0. The normalized spacial score (nSPS) is 14.7. The maximum absolute atomic E-state index is 14.1. The van der Waals surface area contributed by atoms with Crippen molar-refractivity contribution in [2.24, 2.45) is 7.05 Å². The summed E-state index contributed by atoms with van der Waals surface area (Å²) in [6, 6.07) is 14.5. The highest BCUT2D eigenvalue weighted by atomic mass is 19.1. The van der Waals surface area contributed by atoms with Gasteiger partial charge in [-0.25, -0.2) is 14.1 Å². The highest BCUT2D eigenvalue weighted by Crippen LogP contribution is 2.29. The van der Waals surface area contributed by atoms with E-state index < -0.39 is 0 Å².